The Morgan fingerprint density at radius 3 is 2.54 bits per heavy atom. The molecule has 0 atom stereocenters. The number of hydrogen-bond donors (Lipinski definition) is 2. The fourth-order valence-corrected chi connectivity index (χ4v) is 2.16. The Bertz CT molecular complexity index is 784. The minimum atomic E-state index is -4.57. The zero-order valence-corrected chi connectivity index (χ0v) is 14.2. The van der Waals surface area contributed by atoms with E-state index < -0.39 is 23.7 Å². The summed E-state index contributed by atoms with van der Waals surface area (Å²) in [5, 5.41) is 8.92. The van der Waals surface area contributed by atoms with Crippen LogP contribution in [0.5, 0.6) is 0 Å². The lowest BCUT2D eigenvalue weighted by molar-refractivity contribution is -0.141. The highest BCUT2D eigenvalue weighted by molar-refractivity contribution is 6.39. The van der Waals surface area contributed by atoms with Crippen molar-refractivity contribution in [1.82, 2.24) is 20.1 Å². The van der Waals surface area contributed by atoms with Crippen molar-refractivity contribution in [2.24, 2.45) is 0 Å². The van der Waals surface area contributed by atoms with Crippen molar-refractivity contribution in [1.29, 1.82) is 0 Å². The van der Waals surface area contributed by atoms with Gasteiger partial charge in [-0.3, -0.25) is 14.3 Å². The third-order valence-corrected chi connectivity index (χ3v) is 3.46. The number of halogens is 3. The zero-order valence-electron chi connectivity index (χ0n) is 14.2. The normalized spacial score (nSPS) is 11.3. The lowest BCUT2D eigenvalue weighted by Crippen LogP contribution is -2.35. The van der Waals surface area contributed by atoms with Gasteiger partial charge in [0.25, 0.3) is 0 Å². The Labute approximate surface area is 147 Å². The van der Waals surface area contributed by atoms with Gasteiger partial charge in [-0.1, -0.05) is 6.92 Å². The summed E-state index contributed by atoms with van der Waals surface area (Å²) in [5.74, 6) is -1.90. The van der Waals surface area contributed by atoms with Crippen LogP contribution in [0.3, 0.4) is 0 Å². The zero-order chi connectivity index (χ0) is 19.3. The number of aryl methyl sites for hydroxylation is 2. The average Bonchev–Trinajstić information content (AvgIpc) is 2.92. The first kappa shape index (κ1) is 19.4. The lowest BCUT2D eigenvalue weighted by Gasteiger charge is -2.08. The molecule has 0 spiro atoms. The summed E-state index contributed by atoms with van der Waals surface area (Å²) in [7, 11) is 0. The number of nitrogens with zero attached hydrogens (tertiary/aromatic N) is 3. The maximum absolute atomic E-state index is 12.4. The van der Waals surface area contributed by atoms with Crippen molar-refractivity contribution in [2.75, 3.05) is 5.32 Å². The summed E-state index contributed by atoms with van der Waals surface area (Å²) in [5.41, 5.74) is 0.423. The van der Waals surface area contributed by atoms with E-state index in [9.17, 15) is 22.8 Å². The van der Waals surface area contributed by atoms with Crippen molar-refractivity contribution >= 4 is 17.5 Å². The van der Waals surface area contributed by atoms with Crippen LogP contribution in [0.4, 0.5) is 18.9 Å². The second kappa shape index (κ2) is 7.98. The highest BCUT2D eigenvalue weighted by Gasteiger charge is 2.32. The highest BCUT2D eigenvalue weighted by atomic mass is 19.4. The molecule has 26 heavy (non-hydrogen) atoms. The number of rotatable bonds is 5. The molecule has 0 saturated heterocycles. The molecule has 10 heteroatoms. The molecule has 0 radical (unpaired) electrons. The second-order valence-corrected chi connectivity index (χ2v) is 5.57. The fourth-order valence-electron chi connectivity index (χ4n) is 2.16. The van der Waals surface area contributed by atoms with Gasteiger partial charge in [-0.25, -0.2) is 4.98 Å². The van der Waals surface area contributed by atoms with Gasteiger partial charge in [0.2, 0.25) is 0 Å². The molecular weight excluding hydrogens is 351 g/mol. The molecule has 0 aliphatic rings. The van der Waals surface area contributed by atoms with E-state index in [0.717, 1.165) is 42.6 Å². The minimum absolute atomic E-state index is 0.00917. The molecule has 2 rings (SSSR count). The molecule has 2 aromatic rings. The number of hydrogen-bond acceptors (Lipinski definition) is 4. The lowest BCUT2D eigenvalue weighted by atomic mass is 10.2. The van der Waals surface area contributed by atoms with Crippen molar-refractivity contribution in [2.45, 2.75) is 39.5 Å². The molecule has 0 bridgehead atoms. The third kappa shape index (κ3) is 5.04. The predicted octanol–water partition coefficient (Wildman–Crippen LogP) is 2.27. The summed E-state index contributed by atoms with van der Waals surface area (Å²) >= 11 is 0. The van der Waals surface area contributed by atoms with E-state index in [1.807, 2.05) is 6.92 Å². The molecule has 0 unspecified atom stereocenters. The standard InChI is InChI=1S/C16H18F3N5O2/c1-3-6-24-9-11(10(2)23-24)7-21-14(25)15(26)22-12-4-5-13(20-8-12)16(17,18)19/h4-5,8-9H,3,6-7H2,1-2H3,(H,21,25)(H,22,26). The Balaban J connectivity index is 1.90. The highest BCUT2D eigenvalue weighted by Crippen LogP contribution is 2.27. The molecule has 0 aliphatic heterocycles. The number of carbonyl (C=O) groups excluding carboxylic acids is 2. The SMILES string of the molecule is CCCn1cc(CNC(=O)C(=O)Nc2ccc(C(F)(F)F)nc2)c(C)n1. The van der Waals surface area contributed by atoms with Crippen LogP contribution >= 0.6 is 0 Å². The number of nitrogens with one attached hydrogen (secondary N) is 2. The first-order valence-corrected chi connectivity index (χ1v) is 7.86. The second-order valence-electron chi connectivity index (χ2n) is 5.57. The maximum Gasteiger partial charge on any atom is 0.433 e. The summed E-state index contributed by atoms with van der Waals surface area (Å²) in [6.07, 6.45) is -1.03. The van der Waals surface area contributed by atoms with Crippen LogP contribution in [-0.4, -0.2) is 26.6 Å². The van der Waals surface area contributed by atoms with E-state index in [1.54, 1.807) is 17.8 Å². The molecule has 0 saturated carbocycles. The largest absolute Gasteiger partial charge is 0.433 e. The van der Waals surface area contributed by atoms with Gasteiger partial charge in [0, 0.05) is 24.8 Å². The molecule has 140 valence electrons. The molecule has 0 fully saturated rings. The van der Waals surface area contributed by atoms with E-state index in [2.05, 4.69) is 20.7 Å². The van der Waals surface area contributed by atoms with E-state index >= 15 is 0 Å². The number of amides is 2. The van der Waals surface area contributed by atoms with Crippen LogP contribution in [0.2, 0.25) is 0 Å². The number of pyridine rings is 1. The Morgan fingerprint density at radius 2 is 1.96 bits per heavy atom. The van der Waals surface area contributed by atoms with Gasteiger partial charge >= 0.3 is 18.0 Å². The first-order valence-electron chi connectivity index (χ1n) is 7.86. The van der Waals surface area contributed by atoms with Gasteiger partial charge in [0.05, 0.1) is 17.6 Å². The summed E-state index contributed by atoms with van der Waals surface area (Å²) in [4.78, 5) is 26.9. The van der Waals surface area contributed by atoms with Crippen LogP contribution in [-0.2, 0) is 28.9 Å². The third-order valence-electron chi connectivity index (χ3n) is 3.46. The topological polar surface area (TPSA) is 88.9 Å². The molecule has 7 nitrogen and oxygen atoms in total. The van der Waals surface area contributed by atoms with Crippen molar-refractivity contribution in [3.8, 4) is 0 Å². The molecule has 0 aliphatic carbocycles. The summed E-state index contributed by atoms with van der Waals surface area (Å²) in [6.45, 7) is 4.67. The molecule has 2 N–H and O–H groups in total. The summed E-state index contributed by atoms with van der Waals surface area (Å²) in [6, 6.07) is 1.75. The predicted molar refractivity (Wildman–Crippen MR) is 87.0 cm³/mol. The minimum Gasteiger partial charge on any atom is -0.344 e. The van der Waals surface area contributed by atoms with Gasteiger partial charge in [0.1, 0.15) is 5.69 Å². The Morgan fingerprint density at radius 1 is 1.23 bits per heavy atom. The molecule has 2 amide bonds. The van der Waals surface area contributed by atoms with Crippen molar-refractivity contribution in [3.63, 3.8) is 0 Å². The molecule has 2 heterocycles. The maximum atomic E-state index is 12.4. The van der Waals surface area contributed by atoms with Crippen LogP contribution in [0, 0.1) is 6.92 Å². The van der Waals surface area contributed by atoms with Crippen LogP contribution in [0.15, 0.2) is 24.5 Å². The van der Waals surface area contributed by atoms with Gasteiger partial charge < -0.3 is 10.6 Å². The molecule has 2 aromatic heterocycles. The average molecular weight is 369 g/mol. The number of anilines is 1. The van der Waals surface area contributed by atoms with Crippen LogP contribution in [0.25, 0.3) is 0 Å². The van der Waals surface area contributed by atoms with Gasteiger partial charge in [-0.15, -0.1) is 0 Å². The summed E-state index contributed by atoms with van der Waals surface area (Å²) < 4.78 is 39.1. The van der Waals surface area contributed by atoms with Crippen LogP contribution < -0.4 is 10.6 Å². The quantitative estimate of drug-likeness (QED) is 0.792. The fraction of sp³-hybridized carbons (Fsp3) is 0.375. The smallest absolute Gasteiger partial charge is 0.344 e. The van der Waals surface area contributed by atoms with Crippen LogP contribution in [0.1, 0.15) is 30.3 Å². The van der Waals surface area contributed by atoms with E-state index in [0.29, 0.717) is 0 Å². The van der Waals surface area contributed by atoms with E-state index in [-0.39, 0.29) is 12.2 Å². The Hall–Kier alpha value is -2.91. The monoisotopic (exact) mass is 369 g/mol. The number of carbonyl (C=O) groups is 2. The van der Waals surface area contributed by atoms with E-state index in [1.165, 1.54) is 0 Å². The first-order chi connectivity index (χ1) is 12.2. The number of alkyl halides is 3. The Kier molecular flexibility index (Phi) is 5.96. The van der Waals surface area contributed by atoms with Gasteiger partial charge in [-0.2, -0.15) is 18.3 Å². The van der Waals surface area contributed by atoms with Crippen molar-refractivity contribution in [3.05, 3.63) is 41.5 Å². The van der Waals surface area contributed by atoms with Crippen molar-refractivity contribution < 1.29 is 22.8 Å². The molecule has 0 aromatic carbocycles. The van der Waals surface area contributed by atoms with Gasteiger partial charge in [0.15, 0.2) is 0 Å². The van der Waals surface area contributed by atoms with Gasteiger partial charge in [-0.05, 0) is 25.5 Å². The molecular formula is C16H18F3N5O2. The number of aromatic nitrogens is 3. The van der Waals surface area contributed by atoms with E-state index in [4.69, 9.17) is 0 Å².